The molecule has 2 aromatic rings. The number of hydrogen-bond acceptors (Lipinski definition) is 2. The predicted octanol–water partition coefficient (Wildman–Crippen LogP) is 5.29. The Morgan fingerprint density at radius 3 is 2.63 bits per heavy atom. The van der Waals surface area contributed by atoms with Gasteiger partial charge in [-0.15, -0.1) is 0 Å². The number of rotatable bonds is 3. The molecule has 0 spiro atoms. The minimum absolute atomic E-state index is 0.00265. The molecule has 0 aromatic heterocycles. The van der Waals surface area contributed by atoms with E-state index in [9.17, 15) is 5.11 Å². The molecule has 0 saturated heterocycles. The Morgan fingerprint density at radius 1 is 1.21 bits per heavy atom. The van der Waals surface area contributed by atoms with E-state index < -0.39 is 0 Å². The normalized spacial score (nSPS) is 12.2. The molecule has 0 bridgehead atoms. The van der Waals surface area contributed by atoms with Crippen LogP contribution in [0.4, 0.5) is 5.69 Å². The SMILES string of the molecule is Cc1ccc(O)c(C(C)Nc2ccc(Br)c(Cl)c2)c1. The van der Waals surface area contributed by atoms with Crippen LogP contribution in [0.15, 0.2) is 40.9 Å². The second-order valence-corrected chi connectivity index (χ2v) is 5.82. The third kappa shape index (κ3) is 3.43. The van der Waals surface area contributed by atoms with Crippen molar-refractivity contribution in [2.24, 2.45) is 0 Å². The summed E-state index contributed by atoms with van der Waals surface area (Å²) in [4.78, 5) is 0. The summed E-state index contributed by atoms with van der Waals surface area (Å²) in [5.74, 6) is 0.300. The van der Waals surface area contributed by atoms with Gasteiger partial charge in [-0.25, -0.2) is 0 Å². The molecule has 19 heavy (non-hydrogen) atoms. The van der Waals surface area contributed by atoms with Crippen LogP contribution in [0.25, 0.3) is 0 Å². The first-order valence-corrected chi connectivity index (χ1v) is 7.15. The number of aromatic hydroxyl groups is 1. The zero-order valence-corrected chi connectivity index (χ0v) is 13.1. The van der Waals surface area contributed by atoms with Gasteiger partial charge in [0.05, 0.1) is 11.1 Å². The van der Waals surface area contributed by atoms with Crippen molar-refractivity contribution in [2.45, 2.75) is 19.9 Å². The van der Waals surface area contributed by atoms with Gasteiger partial charge in [-0.2, -0.15) is 0 Å². The molecule has 0 aliphatic heterocycles. The maximum absolute atomic E-state index is 9.91. The second kappa shape index (κ2) is 5.85. The maximum Gasteiger partial charge on any atom is 0.120 e. The van der Waals surface area contributed by atoms with E-state index in [1.807, 2.05) is 44.2 Å². The van der Waals surface area contributed by atoms with E-state index in [0.29, 0.717) is 10.8 Å². The number of halogens is 2. The van der Waals surface area contributed by atoms with Gasteiger partial charge >= 0.3 is 0 Å². The van der Waals surface area contributed by atoms with Gasteiger partial charge in [-0.3, -0.25) is 0 Å². The van der Waals surface area contributed by atoms with Gasteiger partial charge in [-0.1, -0.05) is 29.3 Å². The Morgan fingerprint density at radius 2 is 1.95 bits per heavy atom. The van der Waals surface area contributed by atoms with E-state index in [1.165, 1.54) is 0 Å². The fraction of sp³-hybridized carbons (Fsp3) is 0.200. The Kier molecular flexibility index (Phi) is 4.38. The van der Waals surface area contributed by atoms with Crippen LogP contribution in [-0.4, -0.2) is 5.11 Å². The highest BCUT2D eigenvalue weighted by atomic mass is 79.9. The quantitative estimate of drug-likeness (QED) is 0.795. The third-order valence-corrected chi connectivity index (χ3v) is 4.18. The summed E-state index contributed by atoms with van der Waals surface area (Å²) in [7, 11) is 0. The number of hydrogen-bond donors (Lipinski definition) is 2. The summed E-state index contributed by atoms with van der Waals surface area (Å²) in [5.41, 5.74) is 2.91. The molecular weight excluding hydrogens is 326 g/mol. The Balaban J connectivity index is 2.22. The Labute approximate surface area is 126 Å². The van der Waals surface area contributed by atoms with Crippen molar-refractivity contribution in [1.29, 1.82) is 0 Å². The smallest absolute Gasteiger partial charge is 0.120 e. The van der Waals surface area contributed by atoms with Gasteiger partial charge < -0.3 is 10.4 Å². The molecule has 2 aromatic carbocycles. The van der Waals surface area contributed by atoms with E-state index in [2.05, 4.69) is 21.2 Å². The van der Waals surface area contributed by atoms with Crippen LogP contribution in [0.5, 0.6) is 5.75 Å². The molecule has 0 saturated carbocycles. The van der Waals surface area contributed by atoms with E-state index >= 15 is 0 Å². The molecule has 0 fully saturated rings. The average Bonchev–Trinajstić information content (AvgIpc) is 2.36. The van der Waals surface area contributed by atoms with Crippen molar-refractivity contribution in [3.8, 4) is 5.75 Å². The maximum atomic E-state index is 9.91. The highest BCUT2D eigenvalue weighted by Gasteiger charge is 2.11. The molecule has 1 atom stereocenters. The fourth-order valence-corrected chi connectivity index (χ4v) is 2.36. The molecule has 100 valence electrons. The van der Waals surface area contributed by atoms with Gasteiger partial charge in [-0.05, 0) is 54.0 Å². The van der Waals surface area contributed by atoms with Crippen LogP contribution < -0.4 is 5.32 Å². The van der Waals surface area contributed by atoms with Crippen LogP contribution in [0.3, 0.4) is 0 Å². The molecule has 0 aliphatic carbocycles. The topological polar surface area (TPSA) is 32.3 Å². The molecule has 2 N–H and O–H groups in total. The molecule has 0 heterocycles. The lowest BCUT2D eigenvalue weighted by Crippen LogP contribution is -2.07. The highest BCUT2D eigenvalue weighted by molar-refractivity contribution is 9.10. The largest absolute Gasteiger partial charge is 0.508 e. The van der Waals surface area contributed by atoms with Crippen molar-refractivity contribution in [3.63, 3.8) is 0 Å². The summed E-state index contributed by atoms with van der Waals surface area (Å²) < 4.78 is 0.866. The zero-order valence-electron chi connectivity index (χ0n) is 10.7. The van der Waals surface area contributed by atoms with Gasteiger partial charge in [0.25, 0.3) is 0 Å². The molecule has 0 radical (unpaired) electrons. The third-order valence-electron chi connectivity index (χ3n) is 2.95. The van der Waals surface area contributed by atoms with Crippen LogP contribution in [0, 0.1) is 6.92 Å². The first kappa shape index (κ1) is 14.2. The van der Waals surface area contributed by atoms with Crippen LogP contribution in [0.1, 0.15) is 24.1 Å². The number of nitrogens with one attached hydrogen (secondary N) is 1. The van der Waals surface area contributed by atoms with Crippen molar-refractivity contribution < 1.29 is 5.11 Å². The van der Waals surface area contributed by atoms with E-state index in [-0.39, 0.29) is 6.04 Å². The average molecular weight is 341 g/mol. The standard InChI is InChI=1S/C15H15BrClNO/c1-9-3-6-15(19)12(7-9)10(2)18-11-4-5-13(16)14(17)8-11/h3-8,10,18-19H,1-2H3. The number of phenolic OH excluding ortho intramolecular Hbond substituents is 1. The van der Waals surface area contributed by atoms with Gasteiger partial charge in [0.2, 0.25) is 0 Å². The minimum atomic E-state index is -0.00265. The van der Waals surface area contributed by atoms with Crippen molar-refractivity contribution in [1.82, 2.24) is 0 Å². The first-order valence-electron chi connectivity index (χ1n) is 5.98. The van der Waals surface area contributed by atoms with Gasteiger partial charge in [0.15, 0.2) is 0 Å². The zero-order chi connectivity index (χ0) is 14.0. The van der Waals surface area contributed by atoms with Crippen molar-refractivity contribution in [2.75, 3.05) is 5.32 Å². The number of phenols is 1. The number of aryl methyl sites for hydroxylation is 1. The molecule has 0 amide bonds. The van der Waals surface area contributed by atoms with Crippen LogP contribution in [-0.2, 0) is 0 Å². The lowest BCUT2D eigenvalue weighted by Gasteiger charge is -2.18. The first-order chi connectivity index (χ1) is 8.97. The molecule has 4 heteroatoms. The van der Waals surface area contributed by atoms with Crippen molar-refractivity contribution >= 4 is 33.2 Å². The molecule has 2 nitrogen and oxygen atoms in total. The Hall–Kier alpha value is -1.19. The second-order valence-electron chi connectivity index (χ2n) is 4.56. The molecular formula is C15H15BrClNO. The molecule has 2 rings (SSSR count). The van der Waals surface area contributed by atoms with Crippen molar-refractivity contribution in [3.05, 3.63) is 57.0 Å². The lowest BCUT2D eigenvalue weighted by atomic mass is 10.0. The predicted molar refractivity (Wildman–Crippen MR) is 84.0 cm³/mol. The summed E-state index contributed by atoms with van der Waals surface area (Å²) in [6.07, 6.45) is 0. The minimum Gasteiger partial charge on any atom is -0.508 e. The van der Waals surface area contributed by atoms with E-state index in [0.717, 1.165) is 21.3 Å². The van der Waals surface area contributed by atoms with Gasteiger partial charge in [0.1, 0.15) is 5.75 Å². The number of anilines is 1. The molecule has 1 unspecified atom stereocenters. The van der Waals surface area contributed by atoms with Crippen LogP contribution >= 0.6 is 27.5 Å². The monoisotopic (exact) mass is 339 g/mol. The summed E-state index contributed by atoms with van der Waals surface area (Å²) in [5, 5.41) is 13.9. The van der Waals surface area contributed by atoms with Gasteiger partial charge in [0, 0.05) is 15.7 Å². The van der Waals surface area contributed by atoms with E-state index in [1.54, 1.807) is 6.07 Å². The lowest BCUT2D eigenvalue weighted by molar-refractivity contribution is 0.465. The number of benzene rings is 2. The van der Waals surface area contributed by atoms with Crippen LogP contribution in [0.2, 0.25) is 5.02 Å². The van der Waals surface area contributed by atoms with E-state index in [4.69, 9.17) is 11.6 Å². The fourth-order valence-electron chi connectivity index (χ4n) is 1.93. The highest BCUT2D eigenvalue weighted by Crippen LogP contribution is 2.30. The summed E-state index contributed by atoms with van der Waals surface area (Å²) >= 11 is 9.43. The molecule has 0 aliphatic rings. The Bertz CT molecular complexity index is 601. The summed E-state index contributed by atoms with van der Waals surface area (Å²) in [6, 6.07) is 11.3. The summed E-state index contributed by atoms with van der Waals surface area (Å²) in [6.45, 7) is 4.01.